The molecule has 1 aliphatic heterocycles. The third-order valence-corrected chi connectivity index (χ3v) is 1.41. The van der Waals surface area contributed by atoms with E-state index in [9.17, 15) is 4.79 Å². The summed E-state index contributed by atoms with van der Waals surface area (Å²) in [6, 6.07) is 0.306. The highest BCUT2D eigenvalue weighted by molar-refractivity contribution is 5.78. The maximum absolute atomic E-state index is 10.8. The summed E-state index contributed by atoms with van der Waals surface area (Å²) in [5, 5.41) is 5.82. The van der Waals surface area contributed by atoms with Gasteiger partial charge in [0.1, 0.15) is 0 Å². The van der Waals surface area contributed by atoms with Crippen LogP contribution in [0.15, 0.2) is 0 Å². The van der Waals surface area contributed by atoms with Gasteiger partial charge in [0, 0.05) is 13.1 Å². The molecule has 1 aliphatic rings. The summed E-state index contributed by atoms with van der Waals surface area (Å²) in [5.41, 5.74) is 0. The van der Waals surface area contributed by atoms with Crippen molar-refractivity contribution in [3.63, 3.8) is 0 Å². The monoisotopic (exact) mass is 138 g/mol. The standard InChI is InChI=1S/C7H10N2O/c1-2-3-7(10)9-6-4-8-5-6/h1,6,8H,3-5H2,(H,9,10). The number of nitrogens with one attached hydrogen (secondary N) is 2. The van der Waals surface area contributed by atoms with Crippen LogP contribution in [0.3, 0.4) is 0 Å². The Hall–Kier alpha value is -1.01. The molecule has 0 aromatic heterocycles. The Morgan fingerprint density at radius 1 is 1.80 bits per heavy atom. The molecule has 0 bridgehead atoms. The van der Waals surface area contributed by atoms with Crippen LogP contribution in [-0.2, 0) is 4.79 Å². The van der Waals surface area contributed by atoms with Gasteiger partial charge in [0.2, 0.25) is 5.91 Å². The van der Waals surface area contributed by atoms with Gasteiger partial charge in [-0.2, -0.15) is 0 Å². The first kappa shape index (κ1) is 7.10. The highest BCUT2D eigenvalue weighted by atomic mass is 16.1. The highest BCUT2D eigenvalue weighted by Gasteiger charge is 2.17. The predicted molar refractivity (Wildman–Crippen MR) is 38.3 cm³/mol. The van der Waals surface area contributed by atoms with Gasteiger partial charge in [0.15, 0.2) is 0 Å². The molecular weight excluding hydrogens is 128 g/mol. The van der Waals surface area contributed by atoms with Crippen LogP contribution in [-0.4, -0.2) is 25.0 Å². The van der Waals surface area contributed by atoms with Gasteiger partial charge < -0.3 is 10.6 Å². The van der Waals surface area contributed by atoms with Crippen LogP contribution in [0.1, 0.15) is 6.42 Å². The lowest BCUT2D eigenvalue weighted by Crippen LogP contribution is -2.56. The molecule has 54 valence electrons. The molecule has 0 unspecified atom stereocenters. The molecule has 0 aliphatic carbocycles. The molecule has 1 amide bonds. The highest BCUT2D eigenvalue weighted by Crippen LogP contribution is 1.90. The van der Waals surface area contributed by atoms with Crippen LogP contribution in [0.4, 0.5) is 0 Å². The van der Waals surface area contributed by atoms with Crippen molar-refractivity contribution in [1.82, 2.24) is 10.6 Å². The van der Waals surface area contributed by atoms with Gasteiger partial charge in [-0.05, 0) is 0 Å². The van der Waals surface area contributed by atoms with E-state index in [0.29, 0.717) is 6.04 Å². The Balaban J connectivity index is 2.12. The van der Waals surface area contributed by atoms with Gasteiger partial charge >= 0.3 is 0 Å². The van der Waals surface area contributed by atoms with Gasteiger partial charge in [-0.1, -0.05) is 5.92 Å². The van der Waals surface area contributed by atoms with Crippen molar-refractivity contribution in [1.29, 1.82) is 0 Å². The average Bonchev–Trinajstić information content (AvgIpc) is 1.80. The number of hydrogen-bond acceptors (Lipinski definition) is 2. The number of hydrogen-bond donors (Lipinski definition) is 2. The molecule has 0 saturated carbocycles. The van der Waals surface area contributed by atoms with Crippen LogP contribution in [0.2, 0.25) is 0 Å². The minimum Gasteiger partial charge on any atom is -0.350 e. The van der Waals surface area contributed by atoms with Crippen molar-refractivity contribution in [3.8, 4) is 12.3 Å². The average molecular weight is 138 g/mol. The Morgan fingerprint density at radius 2 is 2.50 bits per heavy atom. The van der Waals surface area contributed by atoms with Crippen molar-refractivity contribution < 1.29 is 4.79 Å². The fourth-order valence-electron chi connectivity index (χ4n) is 0.762. The first-order chi connectivity index (χ1) is 4.83. The van der Waals surface area contributed by atoms with E-state index in [1.165, 1.54) is 0 Å². The van der Waals surface area contributed by atoms with Crippen LogP contribution in [0.25, 0.3) is 0 Å². The van der Waals surface area contributed by atoms with Crippen LogP contribution in [0.5, 0.6) is 0 Å². The van der Waals surface area contributed by atoms with E-state index in [1.807, 2.05) is 0 Å². The smallest absolute Gasteiger partial charge is 0.232 e. The molecule has 1 rings (SSSR count). The summed E-state index contributed by atoms with van der Waals surface area (Å²) in [5.74, 6) is 2.24. The number of rotatable bonds is 2. The van der Waals surface area contributed by atoms with E-state index < -0.39 is 0 Å². The number of carbonyl (C=O) groups excluding carboxylic acids is 1. The zero-order valence-electron chi connectivity index (χ0n) is 5.68. The molecule has 0 atom stereocenters. The lowest BCUT2D eigenvalue weighted by Gasteiger charge is -2.27. The molecule has 1 heterocycles. The quantitative estimate of drug-likeness (QED) is 0.485. The van der Waals surface area contributed by atoms with Gasteiger partial charge in [0.25, 0.3) is 0 Å². The van der Waals surface area contributed by atoms with Crippen molar-refractivity contribution >= 4 is 5.91 Å². The third kappa shape index (κ3) is 1.74. The van der Waals surface area contributed by atoms with Crippen LogP contribution in [0, 0.1) is 12.3 Å². The van der Waals surface area contributed by atoms with E-state index in [4.69, 9.17) is 6.42 Å². The second kappa shape index (κ2) is 3.23. The number of carbonyl (C=O) groups is 1. The topological polar surface area (TPSA) is 41.1 Å². The van der Waals surface area contributed by atoms with E-state index in [1.54, 1.807) is 0 Å². The molecule has 0 aromatic carbocycles. The minimum atomic E-state index is -0.0472. The van der Waals surface area contributed by atoms with E-state index in [2.05, 4.69) is 16.6 Å². The molecular formula is C7H10N2O. The zero-order valence-corrected chi connectivity index (χ0v) is 5.68. The third-order valence-electron chi connectivity index (χ3n) is 1.41. The molecule has 0 radical (unpaired) electrons. The first-order valence-corrected chi connectivity index (χ1v) is 3.26. The molecule has 3 nitrogen and oxygen atoms in total. The van der Waals surface area contributed by atoms with Gasteiger partial charge in [-0.15, -0.1) is 6.42 Å². The molecule has 0 spiro atoms. The normalized spacial score (nSPS) is 17.1. The van der Waals surface area contributed by atoms with Crippen molar-refractivity contribution in [3.05, 3.63) is 0 Å². The predicted octanol–water partition coefficient (Wildman–Crippen LogP) is -0.902. The summed E-state index contributed by atoms with van der Waals surface area (Å²) < 4.78 is 0. The Morgan fingerprint density at radius 3 is 2.90 bits per heavy atom. The molecule has 3 heteroatoms. The van der Waals surface area contributed by atoms with E-state index in [-0.39, 0.29) is 12.3 Å². The van der Waals surface area contributed by atoms with Crippen molar-refractivity contribution in [2.24, 2.45) is 0 Å². The summed E-state index contributed by atoms with van der Waals surface area (Å²) >= 11 is 0. The summed E-state index contributed by atoms with van der Waals surface area (Å²) in [7, 11) is 0. The maximum Gasteiger partial charge on any atom is 0.232 e. The van der Waals surface area contributed by atoms with E-state index >= 15 is 0 Å². The molecule has 0 aromatic rings. The second-order valence-corrected chi connectivity index (χ2v) is 2.30. The molecule has 1 fully saturated rings. The number of terminal acetylenes is 1. The first-order valence-electron chi connectivity index (χ1n) is 3.26. The Labute approximate surface area is 60.2 Å². The fraction of sp³-hybridized carbons (Fsp3) is 0.571. The molecule has 10 heavy (non-hydrogen) atoms. The SMILES string of the molecule is C#CCC(=O)NC1CNC1. The largest absolute Gasteiger partial charge is 0.350 e. The summed E-state index contributed by atoms with van der Waals surface area (Å²) in [6.07, 6.45) is 5.13. The second-order valence-electron chi connectivity index (χ2n) is 2.30. The van der Waals surface area contributed by atoms with Crippen LogP contribution >= 0.6 is 0 Å². The summed E-state index contributed by atoms with van der Waals surface area (Å²) in [4.78, 5) is 10.8. The zero-order chi connectivity index (χ0) is 7.40. The molecule has 1 saturated heterocycles. The number of amides is 1. The van der Waals surface area contributed by atoms with Crippen molar-refractivity contribution in [2.75, 3.05) is 13.1 Å². The van der Waals surface area contributed by atoms with Gasteiger partial charge in [0.05, 0.1) is 12.5 Å². The van der Waals surface area contributed by atoms with Crippen molar-refractivity contribution in [2.45, 2.75) is 12.5 Å². The Kier molecular flexibility index (Phi) is 2.30. The van der Waals surface area contributed by atoms with Gasteiger partial charge in [-0.25, -0.2) is 0 Å². The fourth-order valence-corrected chi connectivity index (χ4v) is 0.762. The molecule has 2 N–H and O–H groups in total. The maximum atomic E-state index is 10.8. The Bertz CT molecular complexity index is 167. The van der Waals surface area contributed by atoms with Gasteiger partial charge in [-0.3, -0.25) is 4.79 Å². The van der Waals surface area contributed by atoms with E-state index in [0.717, 1.165) is 13.1 Å². The lowest BCUT2D eigenvalue weighted by molar-refractivity contribution is -0.121. The summed E-state index contributed by atoms with van der Waals surface area (Å²) in [6.45, 7) is 1.74. The lowest BCUT2D eigenvalue weighted by atomic mass is 10.2. The minimum absolute atomic E-state index is 0.0472. The van der Waals surface area contributed by atoms with Crippen LogP contribution < -0.4 is 10.6 Å².